The fourth-order valence-corrected chi connectivity index (χ4v) is 3.26. The maximum Gasteiger partial charge on any atom is 0.225 e. The largest absolute Gasteiger partial charge is 0.367 e. The van der Waals surface area contributed by atoms with Crippen LogP contribution in [0.3, 0.4) is 0 Å². The molecule has 0 amide bonds. The predicted octanol–water partition coefficient (Wildman–Crippen LogP) is 1.76. The number of aromatic nitrogens is 4. The summed E-state index contributed by atoms with van der Waals surface area (Å²) in [7, 11) is 0. The van der Waals surface area contributed by atoms with E-state index in [1.165, 1.54) is 12.4 Å². The molecular weight excluding hydrogens is 285 g/mol. The first kappa shape index (κ1) is 13.5. The van der Waals surface area contributed by atoms with Gasteiger partial charge in [-0.25, -0.2) is 24.3 Å². The van der Waals surface area contributed by atoms with Crippen LogP contribution in [0.1, 0.15) is 24.6 Å². The first-order valence-electron chi connectivity index (χ1n) is 7.43. The second-order valence-electron chi connectivity index (χ2n) is 5.73. The molecule has 2 fully saturated rings. The summed E-state index contributed by atoms with van der Waals surface area (Å²) < 4.78 is 19.1. The molecule has 2 aromatic rings. The number of halogens is 1. The summed E-state index contributed by atoms with van der Waals surface area (Å²) >= 11 is 0. The van der Waals surface area contributed by atoms with Gasteiger partial charge in [0.15, 0.2) is 5.82 Å². The lowest BCUT2D eigenvalue weighted by Crippen LogP contribution is -2.43. The molecule has 0 aliphatic carbocycles. The number of piperidine rings is 1. The summed E-state index contributed by atoms with van der Waals surface area (Å²) in [5.41, 5.74) is 0.939. The molecule has 0 radical (unpaired) electrons. The molecule has 0 saturated carbocycles. The van der Waals surface area contributed by atoms with Crippen LogP contribution in [-0.4, -0.2) is 39.1 Å². The van der Waals surface area contributed by atoms with Crippen molar-refractivity contribution >= 4 is 5.95 Å². The van der Waals surface area contributed by atoms with Crippen molar-refractivity contribution in [2.75, 3.05) is 18.0 Å². The Labute approximate surface area is 127 Å². The zero-order valence-electron chi connectivity index (χ0n) is 12.0. The molecule has 2 aliphatic rings. The smallest absolute Gasteiger partial charge is 0.225 e. The summed E-state index contributed by atoms with van der Waals surface area (Å²) in [5, 5.41) is 0. The number of fused-ring (bicyclic) bond motifs is 1. The normalized spacial score (nSPS) is 27.7. The van der Waals surface area contributed by atoms with Crippen molar-refractivity contribution in [2.45, 2.75) is 25.0 Å². The highest BCUT2D eigenvalue weighted by Gasteiger charge is 2.40. The van der Waals surface area contributed by atoms with E-state index in [2.05, 4.69) is 24.8 Å². The minimum atomic E-state index is -0.417. The molecule has 7 heteroatoms. The van der Waals surface area contributed by atoms with Gasteiger partial charge in [0, 0.05) is 19.3 Å². The third kappa shape index (κ3) is 2.52. The van der Waals surface area contributed by atoms with E-state index in [-0.39, 0.29) is 12.2 Å². The SMILES string of the molecule is Fc1cnc(N2CC[C@H]3C[C@H](c4ccncn4)O[C@@H]3C2)nc1. The maximum absolute atomic E-state index is 12.9. The van der Waals surface area contributed by atoms with E-state index >= 15 is 0 Å². The minimum absolute atomic E-state index is 0.0343. The lowest BCUT2D eigenvalue weighted by molar-refractivity contribution is 0.0296. The number of anilines is 1. The molecular formula is C15H16FN5O. The lowest BCUT2D eigenvalue weighted by atomic mass is 9.91. The van der Waals surface area contributed by atoms with Crippen molar-refractivity contribution in [3.8, 4) is 0 Å². The van der Waals surface area contributed by atoms with Crippen molar-refractivity contribution in [1.82, 2.24) is 19.9 Å². The summed E-state index contributed by atoms with van der Waals surface area (Å²) in [4.78, 5) is 18.4. The van der Waals surface area contributed by atoms with E-state index in [9.17, 15) is 4.39 Å². The topological polar surface area (TPSA) is 64.0 Å². The Morgan fingerprint density at radius 1 is 1.23 bits per heavy atom. The number of rotatable bonds is 2. The molecule has 0 aromatic carbocycles. The van der Waals surface area contributed by atoms with Crippen LogP contribution in [0.5, 0.6) is 0 Å². The van der Waals surface area contributed by atoms with Gasteiger partial charge in [0.25, 0.3) is 0 Å². The van der Waals surface area contributed by atoms with Crippen LogP contribution in [0, 0.1) is 11.7 Å². The minimum Gasteiger partial charge on any atom is -0.367 e. The first-order valence-corrected chi connectivity index (χ1v) is 7.43. The van der Waals surface area contributed by atoms with Gasteiger partial charge in [-0.3, -0.25) is 0 Å². The highest BCUT2D eigenvalue weighted by atomic mass is 19.1. The first-order chi connectivity index (χ1) is 10.8. The van der Waals surface area contributed by atoms with E-state index in [0.29, 0.717) is 11.9 Å². The van der Waals surface area contributed by atoms with E-state index in [1.54, 1.807) is 12.5 Å². The summed E-state index contributed by atoms with van der Waals surface area (Å²) in [6.45, 7) is 1.60. The average Bonchev–Trinajstić information content (AvgIpc) is 2.99. The Bertz CT molecular complexity index is 638. The van der Waals surface area contributed by atoms with Crippen LogP contribution in [0.4, 0.5) is 10.3 Å². The van der Waals surface area contributed by atoms with Crippen LogP contribution >= 0.6 is 0 Å². The number of hydrogen-bond donors (Lipinski definition) is 0. The molecule has 114 valence electrons. The molecule has 0 N–H and O–H groups in total. The third-order valence-electron chi connectivity index (χ3n) is 4.38. The highest BCUT2D eigenvalue weighted by Crippen LogP contribution is 2.40. The lowest BCUT2D eigenvalue weighted by Gasteiger charge is -2.33. The Morgan fingerprint density at radius 2 is 2.09 bits per heavy atom. The van der Waals surface area contributed by atoms with Gasteiger partial charge in [0.05, 0.1) is 24.2 Å². The Hall–Kier alpha value is -2.15. The zero-order valence-corrected chi connectivity index (χ0v) is 12.0. The van der Waals surface area contributed by atoms with E-state index < -0.39 is 5.82 Å². The van der Waals surface area contributed by atoms with Crippen molar-refractivity contribution in [3.05, 3.63) is 42.5 Å². The number of hydrogen-bond acceptors (Lipinski definition) is 6. The molecule has 0 spiro atoms. The molecule has 2 aromatic heterocycles. The van der Waals surface area contributed by atoms with Crippen LogP contribution in [0.25, 0.3) is 0 Å². The monoisotopic (exact) mass is 301 g/mol. The number of ether oxygens (including phenoxy) is 1. The fraction of sp³-hybridized carbons (Fsp3) is 0.467. The second kappa shape index (κ2) is 5.57. The van der Waals surface area contributed by atoms with Crippen LogP contribution < -0.4 is 4.90 Å². The Morgan fingerprint density at radius 3 is 2.86 bits per heavy atom. The maximum atomic E-state index is 12.9. The Kier molecular flexibility index (Phi) is 3.42. The van der Waals surface area contributed by atoms with Gasteiger partial charge in [-0.1, -0.05) is 0 Å². The van der Waals surface area contributed by atoms with Crippen LogP contribution in [-0.2, 0) is 4.74 Å². The van der Waals surface area contributed by atoms with Gasteiger partial charge < -0.3 is 9.64 Å². The quantitative estimate of drug-likeness (QED) is 0.842. The van der Waals surface area contributed by atoms with Gasteiger partial charge >= 0.3 is 0 Å². The van der Waals surface area contributed by atoms with E-state index in [1.807, 2.05) is 6.07 Å². The van der Waals surface area contributed by atoms with Gasteiger partial charge in [0.2, 0.25) is 5.95 Å². The van der Waals surface area contributed by atoms with Crippen LogP contribution in [0.15, 0.2) is 31.0 Å². The fourth-order valence-electron chi connectivity index (χ4n) is 3.26. The summed E-state index contributed by atoms with van der Waals surface area (Å²) in [6, 6.07) is 1.91. The Balaban J connectivity index is 1.46. The molecule has 0 unspecified atom stereocenters. The molecule has 0 bridgehead atoms. The van der Waals surface area contributed by atoms with Crippen molar-refractivity contribution in [2.24, 2.45) is 5.92 Å². The molecule has 3 atom stereocenters. The molecule has 4 rings (SSSR count). The van der Waals surface area contributed by atoms with Crippen molar-refractivity contribution < 1.29 is 9.13 Å². The second-order valence-corrected chi connectivity index (χ2v) is 5.73. The van der Waals surface area contributed by atoms with Gasteiger partial charge in [0.1, 0.15) is 12.4 Å². The molecule has 4 heterocycles. The molecule has 6 nitrogen and oxygen atoms in total. The summed E-state index contributed by atoms with van der Waals surface area (Å²) in [6.07, 6.45) is 7.88. The summed E-state index contributed by atoms with van der Waals surface area (Å²) in [5.74, 6) is 0.671. The van der Waals surface area contributed by atoms with Crippen molar-refractivity contribution in [3.63, 3.8) is 0 Å². The molecule has 2 saturated heterocycles. The zero-order chi connectivity index (χ0) is 14.9. The van der Waals surface area contributed by atoms with Gasteiger partial charge in [-0.15, -0.1) is 0 Å². The standard InChI is InChI=1S/C15H16FN5O/c16-11-6-18-15(19-7-11)21-4-2-10-5-13(22-14(10)8-21)12-1-3-17-9-20-12/h1,3,6-7,9-10,13-14H,2,4-5,8H2/t10-,13+,14+/m0/s1. The number of nitrogens with zero attached hydrogens (tertiary/aromatic N) is 5. The van der Waals surface area contributed by atoms with E-state index in [4.69, 9.17) is 4.74 Å². The van der Waals surface area contributed by atoms with Gasteiger partial charge in [-0.05, 0) is 24.8 Å². The van der Waals surface area contributed by atoms with Crippen LogP contribution in [0.2, 0.25) is 0 Å². The van der Waals surface area contributed by atoms with Gasteiger partial charge in [-0.2, -0.15) is 0 Å². The average molecular weight is 301 g/mol. The van der Waals surface area contributed by atoms with Crippen molar-refractivity contribution in [1.29, 1.82) is 0 Å². The predicted molar refractivity (Wildman–Crippen MR) is 76.6 cm³/mol. The van der Waals surface area contributed by atoms with E-state index in [0.717, 1.165) is 31.6 Å². The highest BCUT2D eigenvalue weighted by molar-refractivity contribution is 5.30. The molecule has 2 aliphatic heterocycles. The molecule has 22 heavy (non-hydrogen) atoms. The third-order valence-corrected chi connectivity index (χ3v) is 4.38.